The molecule has 0 saturated heterocycles. The van der Waals surface area contributed by atoms with E-state index in [-0.39, 0.29) is 9.77 Å². The first-order valence-corrected chi connectivity index (χ1v) is 13.2. The van der Waals surface area contributed by atoms with Gasteiger partial charge in [0, 0.05) is 24.7 Å². The molecule has 1 N–H and O–H groups in total. The molecule has 4 aromatic rings. The summed E-state index contributed by atoms with van der Waals surface area (Å²) in [5.41, 5.74) is 4.08. The third-order valence-corrected chi connectivity index (χ3v) is 9.07. The standard InChI is InChI=1S/C24H21N3O4S2/c28-23(25-18-7-8-20-19(13-18)26-24(31-20)16-5-6-16)22-21(10-12-32-22)33(29,30)27-11-9-15-3-1-2-4-17(15)14-27/h1-4,7-8,10,12-13,16H,5-6,9,11,14H2,(H,25,28). The number of hydrogen-bond donors (Lipinski definition) is 1. The number of hydrogen-bond acceptors (Lipinski definition) is 6. The highest BCUT2D eigenvalue weighted by atomic mass is 32.2. The van der Waals surface area contributed by atoms with Gasteiger partial charge in [-0.1, -0.05) is 24.3 Å². The molecule has 1 fully saturated rings. The molecule has 2 aliphatic rings. The molecule has 0 radical (unpaired) electrons. The Labute approximate surface area is 195 Å². The molecular weight excluding hydrogens is 458 g/mol. The maximum absolute atomic E-state index is 13.4. The average Bonchev–Trinajstić information content (AvgIpc) is 3.38. The zero-order valence-corrected chi connectivity index (χ0v) is 19.3. The lowest BCUT2D eigenvalue weighted by atomic mass is 10.0. The summed E-state index contributed by atoms with van der Waals surface area (Å²) in [6.07, 6.45) is 2.84. The second-order valence-electron chi connectivity index (χ2n) is 8.43. The van der Waals surface area contributed by atoms with Crippen LogP contribution in [-0.2, 0) is 23.0 Å². The molecule has 2 aromatic heterocycles. The van der Waals surface area contributed by atoms with Crippen LogP contribution in [-0.4, -0.2) is 30.2 Å². The van der Waals surface area contributed by atoms with E-state index in [1.54, 1.807) is 23.6 Å². The first-order valence-electron chi connectivity index (χ1n) is 10.9. The van der Waals surface area contributed by atoms with Crippen LogP contribution in [0.25, 0.3) is 11.1 Å². The van der Waals surface area contributed by atoms with Crippen molar-refractivity contribution >= 4 is 44.1 Å². The number of sulfonamides is 1. The van der Waals surface area contributed by atoms with Gasteiger partial charge in [0.25, 0.3) is 5.91 Å². The summed E-state index contributed by atoms with van der Waals surface area (Å²) in [5.74, 6) is 0.686. The number of benzene rings is 2. The molecule has 168 valence electrons. The van der Waals surface area contributed by atoms with Crippen LogP contribution in [0.15, 0.2) is 63.2 Å². The third-order valence-electron chi connectivity index (χ3n) is 6.14. The SMILES string of the molecule is O=C(Nc1ccc2oc(C3CC3)nc2c1)c1sccc1S(=O)(=O)N1CCc2ccccc2C1. The van der Waals surface area contributed by atoms with E-state index in [2.05, 4.69) is 10.3 Å². The fourth-order valence-corrected chi connectivity index (χ4v) is 6.91. The lowest BCUT2D eigenvalue weighted by Crippen LogP contribution is -2.36. The van der Waals surface area contributed by atoms with Crippen LogP contribution in [0.5, 0.6) is 0 Å². The lowest BCUT2D eigenvalue weighted by molar-refractivity contribution is 0.102. The number of nitrogens with one attached hydrogen (secondary N) is 1. The van der Waals surface area contributed by atoms with Crippen molar-refractivity contribution in [2.45, 2.75) is 36.6 Å². The molecule has 1 saturated carbocycles. The van der Waals surface area contributed by atoms with Crippen LogP contribution in [0.4, 0.5) is 5.69 Å². The molecular formula is C24H21N3O4S2. The van der Waals surface area contributed by atoms with Crippen LogP contribution < -0.4 is 5.32 Å². The third kappa shape index (κ3) is 3.76. The Kier molecular flexibility index (Phi) is 4.86. The molecule has 9 heteroatoms. The average molecular weight is 480 g/mol. The van der Waals surface area contributed by atoms with Gasteiger partial charge in [0.15, 0.2) is 11.5 Å². The number of rotatable bonds is 5. The van der Waals surface area contributed by atoms with Gasteiger partial charge in [-0.3, -0.25) is 4.79 Å². The van der Waals surface area contributed by atoms with Crippen LogP contribution in [0, 0.1) is 0 Å². The Morgan fingerprint density at radius 1 is 1.12 bits per heavy atom. The number of anilines is 1. The summed E-state index contributed by atoms with van der Waals surface area (Å²) in [6.45, 7) is 0.698. The molecule has 0 unspecified atom stereocenters. The Balaban J connectivity index is 1.25. The molecule has 1 aliphatic carbocycles. The number of carbonyl (C=O) groups is 1. The van der Waals surface area contributed by atoms with Crippen molar-refractivity contribution in [1.82, 2.24) is 9.29 Å². The van der Waals surface area contributed by atoms with Gasteiger partial charge in [0.2, 0.25) is 10.0 Å². The number of amides is 1. The largest absolute Gasteiger partial charge is 0.440 e. The van der Waals surface area contributed by atoms with Gasteiger partial charge >= 0.3 is 0 Å². The predicted octanol–water partition coefficient (Wildman–Crippen LogP) is 4.77. The first-order chi connectivity index (χ1) is 16.0. The van der Waals surface area contributed by atoms with E-state index in [4.69, 9.17) is 4.42 Å². The molecule has 0 atom stereocenters. The number of thiophene rings is 1. The minimum Gasteiger partial charge on any atom is -0.440 e. The summed E-state index contributed by atoms with van der Waals surface area (Å²) in [7, 11) is -3.81. The summed E-state index contributed by atoms with van der Waals surface area (Å²) in [4.78, 5) is 17.8. The molecule has 0 bridgehead atoms. The molecule has 2 aromatic carbocycles. The molecule has 1 amide bonds. The van der Waals surface area contributed by atoms with Gasteiger partial charge < -0.3 is 9.73 Å². The van der Waals surface area contributed by atoms with Crippen LogP contribution in [0.3, 0.4) is 0 Å². The number of aromatic nitrogens is 1. The number of fused-ring (bicyclic) bond motifs is 2. The molecule has 3 heterocycles. The minimum atomic E-state index is -3.81. The number of carbonyl (C=O) groups excluding carboxylic acids is 1. The Bertz CT molecular complexity index is 1480. The molecule has 7 nitrogen and oxygen atoms in total. The van der Waals surface area contributed by atoms with Crippen LogP contribution >= 0.6 is 11.3 Å². The number of oxazole rings is 1. The maximum atomic E-state index is 13.4. The molecule has 1 aliphatic heterocycles. The minimum absolute atomic E-state index is 0.0444. The zero-order chi connectivity index (χ0) is 22.6. The van der Waals surface area contributed by atoms with Gasteiger partial charge in [-0.15, -0.1) is 11.3 Å². The summed E-state index contributed by atoms with van der Waals surface area (Å²) < 4.78 is 34.1. The van der Waals surface area contributed by atoms with E-state index in [9.17, 15) is 13.2 Å². The Hall–Kier alpha value is -3.01. The van der Waals surface area contributed by atoms with Crippen molar-refractivity contribution in [2.24, 2.45) is 0 Å². The van der Waals surface area contributed by atoms with Gasteiger partial charge in [0.1, 0.15) is 15.3 Å². The van der Waals surface area contributed by atoms with E-state index in [0.29, 0.717) is 42.2 Å². The summed E-state index contributed by atoms with van der Waals surface area (Å²) in [6, 6.07) is 14.6. The Morgan fingerprint density at radius 3 is 2.76 bits per heavy atom. The fraction of sp³-hybridized carbons (Fsp3) is 0.250. The highest BCUT2D eigenvalue weighted by molar-refractivity contribution is 7.89. The van der Waals surface area contributed by atoms with Crippen LogP contribution in [0.1, 0.15) is 45.4 Å². The van der Waals surface area contributed by atoms with E-state index in [1.807, 2.05) is 24.3 Å². The first kappa shape index (κ1) is 20.6. The zero-order valence-electron chi connectivity index (χ0n) is 17.7. The van der Waals surface area contributed by atoms with Gasteiger partial charge in [0.05, 0.1) is 0 Å². The van der Waals surface area contributed by atoms with Crippen LogP contribution in [0.2, 0.25) is 0 Å². The topological polar surface area (TPSA) is 92.5 Å². The van der Waals surface area contributed by atoms with Crippen molar-refractivity contribution in [3.63, 3.8) is 0 Å². The molecule has 6 rings (SSSR count). The molecule has 33 heavy (non-hydrogen) atoms. The second-order valence-corrected chi connectivity index (χ2v) is 11.3. The normalized spacial score (nSPS) is 16.6. The monoisotopic (exact) mass is 479 g/mol. The van der Waals surface area contributed by atoms with Gasteiger partial charge in [-0.05, 0) is 60.0 Å². The van der Waals surface area contributed by atoms with E-state index < -0.39 is 15.9 Å². The fourth-order valence-electron chi connectivity index (χ4n) is 4.20. The molecule has 0 spiro atoms. The smallest absolute Gasteiger partial charge is 0.267 e. The number of nitrogens with zero attached hydrogens (tertiary/aromatic N) is 2. The Morgan fingerprint density at radius 2 is 1.94 bits per heavy atom. The van der Waals surface area contributed by atoms with Crippen molar-refractivity contribution in [3.8, 4) is 0 Å². The van der Waals surface area contributed by atoms with Crippen molar-refractivity contribution in [1.29, 1.82) is 0 Å². The summed E-state index contributed by atoms with van der Waals surface area (Å²) >= 11 is 1.12. The lowest BCUT2D eigenvalue weighted by Gasteiger charge is -2.28. The van der Waals surface area contributed by atoms with E-state index >= 15 is 0 Å². The van der Waals surface area contributed by atoms with E-state index in [0.717, 1.165) is 35.6 Å². The highest BCUT2D eigenvalue weighted by Gasteiger charge is 2.33. The van der Waals surface area contributed by atoms with Crippen molar-refractivity contribution in [3.05, 3.63) is 75.8 Å². The van der Waals surface area contributed by atoms with E-state index in [1.165, 1.54) is 15.9 Å². The summed E-state index contributed by atoms with van der Waals surface area (Å²) in [5, 5.41) is 4.47. The second kappa shape index (κ2) is 7.79. The van der Waals surface area contributed by atoms with Crippen molar-refractivity contribution < 1.29 is 17.6 Å². The quantitative estimate of drug-likeness (QED) is 0.445. The van der Waals surface area contributed by atoms with Crippen molar-refractivity contribution in [2.75, 3.05) is 11.9 Å². The van der Waals surface area contributed by atoms with Gasteiger partial charge in [-0.2, -0.15) is 4.31 Å². The highest BCUT2D eigenvalue weighted by Crippen LogP contribution is 2.40. The van der Waals surface area contributed by atoms with Gasteiger partial charge in [-0.25, -0.2) is 13.4 Å². The maximum Gasteiger partial charge on any atom is 0.267 e. The predicted molar refractivity (Wildman–Crippen MR) is 126 cm³/mol.